The topological polar surface area (TPSA) is 60.7 Å². The second-order valence-corrected chi connectivity index (χ2v) is 7.20. The van der Waals surface area contributed by atoms with Crippen LogP contribution in [0.2, 0.25) is 5.02 Å². The molecule has 3 aromatic rings. The molecule has 1 aromatic heterocycles. The van der Waals surface area contributed by atoms with E-state index in [-0.39, 0.29) is 5.91 Å². The maximum Gasteiger partial charge on any atom is 0.248 e. The molecule has 0 saturated carbocycles. The average molecular weight is 414 g/mol. The molecule has 1 N–H and O–H groups in total. The smallest absolute Gasteiger partial charge is 0.248 e. The summed E-state index contributed by atoms with van der Waals surface area (Å²) in [4.78, 5) is 12.7. The molecule has 0 aliphatic rings. The number of benzene rings is 2. The quantitative estimate of drug-likeness (QED) is 0.492. The van der Waals surface area contributed by atoms with E-state index in [1.807, 2.05) is 33.8 Å². The number of carbonyl (C=O) groups excluding carboxylic acids is 1. The van der Waals surface area contributed by atoms with Crippen LogP contribution < -0.4 is 14.8 Å². The second-order valence-electron chi connectivity index (χ2n) is 6.77. The Morgan fingerprint density at radius 1 is 1.28 bits per heavy atom. The lowest BCUT2D eigenvalue weighted by Crippen LogP contribution is -2.10. The Labute approximate surface area is 175 Å². The lowest BCUT2D eigenvalue weighted by Gasteiger charge is -2.15. The molecule has 6 heteroatoms. The van der Waals surface area contributed by atoms with Crippen LogP contribution >= 0.6 is 11.6 Å². The zero-order valence-corrected chi connectivity index (χ0v) is 17.9. The largest absolute Gasteiger partial charge is 0.495 e. The number of carbonyl (C=O) groups is 1. The van der Waals surface area contributed by atoms with Crippen molar-refractivity contribution in [1.82, 2.24) is 0 Å². The number of rotatable bonds is 6. The molecular weight excluding hydrogens is 390 g/mol. The number of fused-ring (bicyclic) bond motifs is 1. The Balaban J connectivity index is 1.99. The average Bonchev–Trinajstić information content (AvgIpc) is 3.05. The van der Waals surface area contributed by atoms with E-state index < -0.39 is 0 Å². The number of amides is 1. The molecule has 0 spiro atoms. The van der Waals surface area contributed by atoms with Crippen LogP contribution in [0.1, 0.15) is 30.5 Å². The summed E-state index contributed by atoms with van der Waals surface area (Å²) in [5.74, 6) is 0.971. The molecule has 1 heterocycles. The summed E-state index contributed by atoms with van der Waals surface area (Å²) in [6.45, 7) is 8.28. The summed E-state index contributed by atoms with van der Waals surface area (Å²) in [6.07, 6.45) is 3.27. The van der Waals surface area contributed by atoms with Crippen molar-refractivity contribution < 1.29 is 18.7 Å². The van der Waals surface area contributed by atoms with Gasteiger partial charge in [0.1, 0.15) is 17.1 Å². The Bertz CT molecular complexity index is 1100. The van der Waals surface area contributed by atoms with Gasteiger partial charge in [0.05, 0.1) is 25.7 Å². The molecule has 0 fully saturated rings. The predicted octanol–water partition coefficient (Wildman–Crippen LogP) is 6.15. The first-order valence-electron chi connectivity index (χ1n) is 9.33. The monoisotopic (exact) mass is 413 g/mol. The highest BCUT2D eigenvalue weighted by molar-refractivity contribution is 6.31. The van der Waals surface area contributed by atoms with Crippen molar-refractivity contribution >= 4 is 39.7 Å². The molecule has 2 aromatic carbocycles. The van der Waals surface area contributed by atoms with Crippen molar-refractivity contribution in [2.45, 2.75) is 27.7 Å². The van der Waals surface area contributed by atoms with E-state index >= 15 is 0 Å². The molecule has 5 nitrogen and oxygen atoms in total. The Kier molecular flexibility index (Phi) is 6.18. The molecule has 0 aliphatic heterocycles. The fraction of sp³-hybridized carbons (Fsp3) is 0.261. The zero-order chi connectivity index (χ0) is 21.1. The molecule has 0 atom stereocenters. The predicted molar refractivity (Wildman–Crippen MR) is 117 cm³/mol. The zero-order valence-electron chi connectivity index (χ0n) is 17.2. The number of nitrogens with one attached hydrogen (secondary N) is 1. The number of allylic oxidation sites excluding steroid dienone is 1. The summed E-state index contributed by atoms with van der Waals surface area (Å²) in [7, 11) is 1.54. The van der Waals surface area contributed by atoms with E-state index in [9.17, 15) is 4.79 Å². The van der Waals surface area contributed by atoms with Gasteiger partial charge in [-0.2, -0.15) is 0 Å². The molecule has 29 heavy (non-hydrogen) atoms. The highest BCUT2D eigenvalue weighted by Gasteiger charge is 2.17. The molecule has 3 rings (SSSR count). The van der Waals surface area contributed by atoms with Gasteiger partial charge in [-0.05, 0) is 63.1 Å². The highest BCUT2D eigenvalue weighted by atomic mass is 35.5. The van der Waals surface area contributed by atoms with Crippen molar-refractivity contribution in [2.24, 2.45) is 0 Å². The van der Waals surface area contributed by atoms with Crippen LogP contribution in [0, 0.1) is 13.8 Å². The van der Waals surface area contributed by atoms with Gasteiger partial charge in [-0.1, -0.05) is 11.6 Å². The molecule has 1 amide bonds. The van der Waals surface area contributed by atoms with Crippen molar-refractivity contribution in [2.75, 3.05) is 19.0 Å². The molecular formula is C23H24ClNO4. The third-order valence-corrected chi connectivity index (χ3v) is 4.95. The lowest BCUT2D eigenvalue weighted by atomic mass is 9.98. The fourth-order valence-electron chi connectivity index (χ4n) is 3.28. The summed E-state index contributed by atoms with van der Waals surface area (Å²) in [6, 6.07) is 7.07. The highest BCUT2D eigenvalue weighted by Crippen LogP contribution is 2.37. The number of hydrogen-bond donors (Lipinski definition) is 1. The number of aryl methyl sites for hydroxylation is 2. The van der Waals surface area contributed by atoms with Gasteiger partial charge in [0, 0.05) is 27.6 Å². The van der Waals surface area contributed by atoms with Crippen LogP contribution in [0.3, 0.4) is 0 Å². The molecule has 152 valence electrons. The number of methoxy groups -OCH3 is 1. The Hall–Kier alpha value is -2.92. The Morgan fingerprint density at radius 3 is 2.72 bits per heavy atom. The van der Waals surface area contributed by atoms with E-state index in [0.717, 1.165) is 39.0 Å². The third kappa shape index (κ3) is 4.25. The van der Waals surface area contributed by atoms with E-state index in [1.54, 1.807) is 37.6 Å². The maximum absolute atomic E-state index is 12.7. The standard InChI is InChI=1S/C23H24ClNO4/c1-6-28-22-15(4)23-18(14(3)12-29-23)11-17(22)13(2)9-21(26)25-19-10-16(24)7-8-20(19)27-5/h7-12H,6H2,1-5H3,(H,25,26)/b13-9+. The van der Waals surface area contributed by atoms with Crippen LogP contribution in [-0.2, 0) is 4.79 Å². The molecule has 0 unspecified atom stereocenters. The first kappa shape index (κ1) is 20.8. The number of furan rings is 1. The SMILES string of the molecule is CCOc1c(/C(C)=C/C(=O)Nc2cc(Cl)ccc2OC)cc2c(C)coc2c1C. The summed E-state index contributed by atoms with van der Waals surface area (Å²) in [5, 5.41) is 4.34. The lowest BCUT2D eigenvalue weighted by molar-refractivity contribution is -0.111. The van der Waals surface area contributed by atoms with Gasteiger partial charge in [-0.3, -0.25) is 4.79 Å². The van der Waals surface area contributed by atoms with Crippen LogP contribution in [0.25, 0.3) is 16.5 Å². The molecule has 0 saturated heterocycles. The van der Waals surface area contributed by atoms with Crippen LogP contribution in [0.4, 0.5) is 5.69 Å². The third-order valence-electron chi connectivity index (χ3n) is 4.72. The van der Waals surface area contributed by atoms with E-state index in [4.69, 9.17) is 25.5 Å². The van der Waals surface area contributed by atoms with Gasteiger partial charge in [0.25, 0.3) is 0 Å². The van der Waals surface area contributed by atoms with Gasteiger partial charge in [0.15, 0.2) is 0 Å². The Morgan fingerprint density at radius 2 is 2.03 bits per heavy atom. The van der Waals surface area contributed by atoms with Crippen molar-refractivity contribution in [3.05, 3.63) is 58.3 Å². The van der Waals surface area contributed by atoms with Gasteiger partial charge in [0.2, 0.25) is 5.91 Å². The number of hydrogen-bond acceptors (Lipinski definition) is 4. The second kappa shape index (κ2) is 8.62. The number of ether oxygens (including phenoxy) is 2. The van der Waals surface area contributed by atoms with Crippen LogP contribution in [-0.4, -0.2) is 19.6 Å². The van der Waals surface area contributed by atoms with E-state index in [0.29, 0.717) is 23.1 Å². The van der Waals surface area contributed by atoms with Crippen LogP contribution in [0.15, 0.2) is 41.0 Å². The van der Waals surface area contributed by atoms with Gasteiger partial charge in [-0.25, -0.2) is 0 Å². The minimum absolute atomic E-state index is 0.285. The van der Waals surface area contributed by atoms with Gasteiger partial charge < -0.3 is 19.2 Å². The minimum Gasteiger partial charge on any atom is -0.495 e. The molecule has 0 radical (unpaired) electrons. The molecule has 0 bridgehead atoms. The van der Waals surface area contributed by atoms with E-state index in [2.05, 4.69) is 5.32 Å². The molecule has 0 aliphatic carbocycles. The summed E-state index contributed by atoms with van der Waals surface area (Å²) >= 11 is 6.04. The van der Waals surface area contributed by atoms with Gasteiger partial charge in [-0.15, -0.1) is 0 Å². The summed E-state index contributed by atoms with van der Waals surface area (Å²) < 4.78 is 16.9. The van der Waals surface area contributed by atoms with Gasteiger partial charge >= 0.3 is 0 Å². The van der Waals surface area contributed by atoms with Crippen molar-refractivity contribution in [3.63, 3.8) is 0 Å². The van der Waals surface area contributed by atoms with Crippen molar-refractivity contribution in [1.29, 1.82) is 0 Å². The minimum atomic E-state index is -0.285. The van der Waals surface area contributed by atoms with E-state index in [1.165, 1.54) is 0 Å². The summed E-state index contributed by atoms with van der Waals surface area (Å²) in [5.41, 5.74) is 4.89. The normalized spacial score (nSPS) is 11.6. The first-order chi connectivity index (χ1) is 13.8. The maximum atomic E-state index is 12.7. The fourth-order valence-corrected chi connectivity index (χ4v) is 3.45. The first-order valence-corrected chi connectivity index (χ1v) is 9.70. The number of halogens is 1. The van der Waals surface area contributed by atoms with Crippen molar-refractivity contribution in [3.8, 4) is 11.5 Å². The van der Waals surface area contributed by atoms with Crippen LogP contribution in [0.5, 0.6) is 11.5 Å². The number of anilines is 1.